The lowest BCUT2D eigenvalue weighted by atomic mass is 10.2. The highest BCUT2D eigenvalue weighted by Gasteiger charge is 2.18. The van der Waals surface area contributed by atoms with Crippen LogP contribution in [0.25, 0.3) is 0 Å². The largest absolute Gasteiger partial charge is 0.390 e. The summed E-state index contributed by atoms with van der Waals surface area (Å²) in [4.78, 5) is 6.55. The Morgan fingerprint density at radius 1 is 1.32 bits per heavy atom. The molecule has 0 aliphatic carbocycles. The highest BCUT2D eigenvalue weighted by atomic mass is 35.5. The Kier molecular flexibility index (Phi) is 6.59. The quantitative estimate of drug-likeness (QED) is 0.857. The zero-order valence-electron chi connectivity index (χ0n) is 13.3. The van der Waals surface area contributed by atoms with E-state index in [0.717, 1.165) is 31.7 Å². The third kappa shape index (κ3) is 5.48. The summed E-state index contributed by atoms with van der Waals surface area (Å²) in [6, 6.07) is 4.38. The maximum absolute atomic E-state index is 13.3. The molecule has 1 atom stereocenters. The predicted molar refractivity (Wildman–Crippen MR) is 87.7 cm³/mol. The van der Waals surface area contributed by atoms with Crippen molar-refractivity contribution in [3.05, 3.63) is 34.6 Å². The molecule has 1 aliphatic heterocycles. The first-order valence-corrected chi connectivity index (χ1v) is 8.03. The van der Waals surface area contributed by atoms with Crippen molar-refractivity contribution in [1.82, 2.24) is 14.7 Å². The lowest BCUT2D eigenvalue weighted by Gasteiger charge is -2.34. The van der Waals surface area contributed by atoms with Gasteiger partial charge in [-0.1, -0.05) is 11.6 Å². The molecule has 0 unspecified atom stereocenters. The molecular weight excluding hydrogens is 305 g/mol. The normalized spacial score (nSPS) is 18.8. The molecule has 4 nitrogen and oxygen atoms in total. The van der Waals surface area contributed by atoms with E-state index in [1.165, 1.54) is 12.1 Å². The van der Waals surface area contributed by atoms with Gasteiger partial charge in [-0.05, 0) is 37.9 Å². The van der Waals surface area contributed by atoms with Gasteiger partial charge in [-0.3, -0.25) is 9.80 Å². The molecule has 124 valence electrons. The first-order chi connectivity index (χ1) is 10.4. The Morgan fingerprint density at radius 3 is 2.68 bits per heavy atom. The SMILES string of the molecule is CN1CCN(C[C@H](O)CN(C)Cc2cc(F)ccc2Cl)CC1. The summed E-state index contributed by atoms with van der Waals surface area (Å²) in [5.74, 6) is -0.286. The van der Waals surface area contributed by atoms with Crippen molar-refractivity contribution in [2.24, 2.45) is 0 Å². The fraction of sp³-hybridized carbons (Fsp3) is 0.625. The van der Waals surface area contributed by atoms with Crippen LogP contribution in [0.2, 0.25) is 5.02 Å². The number of hydrogen-bond acceptors (Lipinski definition) is 4. The number of piperazine rings is 1. The van der Waals surface area contributed by atoms with Crippen LogP contribution >= 0.6 is 11.6 Å². The van der Waals surface area contributed by atoms with Crippen LogP contribution in [-0.4, -0.2) is 79.3 Å². The van der Waals surface area contributed by atoms with E-state index in [-0.39, 0.29) is 5.82 Å². The highest BCUT2D eigenvalue weighted by molar-refractivity contribution is 6.31. The second kappa shape index (κ2) is 8.22. The predicted octanol–water partition coefficient (Wildman–Crippen LogP) is 1.52. The molecule has 0 amide bonds. The summed E-state index contributed by atoms with van der Waals surface area (Å²) in [6.45, 7) is 5.81. The average Bonchev–Trinajstić information content (AvgIpc) is 2.45. The monoisotopic (exact) mass is 329 g/mol. The Morgan fingerprint density at radius 2 is 2.00 bits per heavy atom. The van der Waals surface area contributed by atoms with Crippen LogP contribution in [-0.2, 0) is 6.54 Å². The molecule has 22 heavy (non-hydrogen) atoms. The zero-order valence-corrected chi connectivity index (χ0v) is 14.1. The van der Waals surface area contributed by atoms with E-state index in [2.05, 4.69) is 16.8 Å². The van der Waals surface area contributed by atoms with Gasteiger partial charge < -0.3 is 10.0 Å². The van der Waals surface area contributed by atoms with Crippen molar-refractivity contribution in [2.75, 3.05) is 53.4 Å². The van der Waals surface area contributed by atoms with Crippen LogP contribution in [0.5, 0.6) is 0 Å². The minimum absolute atomic E-state index is 0.286. The van der Waals surface area contributed by atoms with Gasteiger partial charge in [0.05, 0.1) is 6.10 Å². The molecule has 1 fully saturated rings. The van der Waals surface area contributed by atoms with Gasteiger partial charge in [0.15, 0.2) is 0 Å². The van der Waals surface area contributed by atoms with E-state index in [1.54, 1.807) is 6.07 Å². The summed E-state index contributed by atoms with van der Waals surface area (Å²) < 4.78 is 13.3. The van der Waals surface area contributed by atoms with Crippen LogP contribution in [0.15, 0.2) is 18.2 Å². The molecule has 1 N–H and O–H groups in total. The van der Waals surface area contributed by atoms with Crippen LogP contribution in [0, 0.1) is 5.82 Å². The van der Waals surface area contributed by atoms with Crippen LogP contribution in [0.1, 0.15) is 5.56 Å². The Labute approximate surface area is 137 Å². The number of β-amino-alcohol motifs (C(OH)–C–C–N with tert-alkyl or cyclic N) is 1. The average molecular weight is 330 g/mol. The molecule has 1 aliphatic rings. The number of halogens is 2. The molecule has 1 heterocycles. The second-order valence-corrected chi connectivity index (χ2v) is 6.60. The fourth-order valence-corrected chi connectivity index (χ4v) is 2.94. The first-order valence-electron chi connectivity index (χ1n) is 7.65. The van der Waals surface area contributed by atoms with Crippen LogP contribution < -0.4 is 0 Å². The molecule has 0 bridgehead atoms. The van der Waals surface area contributed by atoms with Crippen LogP contribution in [0.4, 0.5) is 4.39 Å². The van der Waals surface area contributed by atoms with E-state index < -0.39 is 6.10 Å². The Balaban J connectivity index is 1.78. The van der Waals surface area contributed by atoms with Gasteiger partial charge in [0.1, 0.15) is 5.82 Å². The number of aliphatic hydroxyl groups excluding tert-OH is 1. The van der Waals surface area contributed by atoms with Gasteiger partial charge in [0, 0.05) is 50.8 Å². The summed E-state index contributed by atoms with van der Waals surface area (Å²) in [5, 5.41) is 10.8. The van der Waals surface area contributed by atoms with Crippen molar-refractivity contribution in [3.8, 4) is 0 Å². The molecule has 0 saturated carbocycles. The topological polar surface area (TPSA) is 30.0 Å². The van der Waals surface area contributed by atoms with Crippen molar-refractivity contribution >= 4 is 11.6 Å². The van der Waals surface area contributed by atoms with E-state index in [1.807, 2.05) is 11.9 Å². The first kappa shape index (κ1) is 17.6. The number of aliphatic hydroxyl groups is 1. The molecule has 0 aromatic heterocycles. The molecule has 1 aromatic rings. The standard InChI is InChI=1S/C16H25ClFN3O/c1-19-5-7-21(8-6-19)12-15(22)11-20(2)10-13-9-14(18)3-4-16(13)17/h3-4,9,15,22H,5-8,10-12H2,1-2H3/t15-/m1/s1. The van der Waals surface area contributed by atoms with Crippen molar-refractivity contribution in [3.63, 3.8) is 0 Å². The molecule has 2 rings (SSSR count). The molecular formula is C16H25ClFN3O. The highest BCUT2D eigenvalue weighted by Crippen LogP contribution is 2.18. The third-order valence-corrected chi connectivity index (χ3v) is 4.40. The van der Waals surface area contributed by atoms with Gasteiger partial charge >= 0.3 is 0 Å². The van der Waals surface area contributed by atoms with E-state index in [9.17, 15) is 9.50 Å². The molecule has 0 radical (unpaired) electrons. The van der Waals surface area contributed by atoms with Gasteiger partial charge in [-0.25, -0.2) is 4.39 Å². The lowest BCUT2D eigenvalue weighted by Crippen LogP contribution is -2.48. The molecule has 1 saturated heterocycles. The van der Waals surface area contributed by atoms with Gasteiger partial charge in [0.2, 0.25) is 0 Å². The molecule has 6 heteroatoms. The van der Waals surface area contributed by atoms with Crippen LogP contribution in [0.3, 0.4) is 0 Å². The van der Waals surface area contributed by atoms with E-state index in [0.29, 0.717) is 24.7 Å². The minimum atomic E-state index is -0.416. The maximum atomic E-state index is 13.3. The lowest BCUT2D eigenvalue weighted by molar-refractivity contribution is 0.0594. The van der Waals surface area contributed by atoms with Gasteiger partial charge in [0.25, 0.3) is 0 Å². The van der Waals surface area contributed by atoms with Crippen molar-refractivity contribution in [1.29, 1.82) is 0 Å². The summed E-state index contributed by atoms with van der Waals surface area (Å²) in [7, 11) is 4.03. The molecule has 1 aromatic carbocycles. The van der Waals surface area contributed by atoms with E-state index in [4.69, 9.17) is 11.6 Å². The summed E-state index contributed by atoms with van der Waals surface area (Å²) in [6.07, 6.45) is -0.416. The van der Waals surface area contributed by atoms with Gasteiger partial charge in [-0.2, -0.15) is 0 Å². The molecule has 0 spiro atoms. The third-order valence-electron chi connectivity index (χ3n) is 4.04. The number of likely N-dealkylation sites (N-methyl/N-ethyl adjacent to an activating group) is 2. The number of hydrogen-bond donors (Lipinski definition) is 1. The van der Waals surface area contributed by atoms with Crippen molar-refractivity contribution in [2.45, 2.75) is 12.6 Å². The van der Waals surface area contributed by atoms with Crippen molar-refractivity contribution < 1.29 is 9.50 Å². The number of rotatable bonds is 6. The fourth-order valence-electron chi connectivity index (χ4n) is 2.77. The second-order valence-electron chi connectivity index (χ2n) is 6.19. The zero-order chi connectivity index (χ0) is 16.1. The summed E-state index contributed by atoms with van der Waals surface area (Å²) in [5.41, 5.74) is 0.746. The smallest absolute Gasteiger partial charge is 0.123 e. The Bertz CT molecular complexity index is 480. The summed E-state index contributed by atoms with van der Waals surface area (Å²) >= 11 is 6.08. The maximum Gasteiger partial charge on any atom is 0.123 e. The number of benzene rings is 1. The van der Waals surface area contributed by atoms with E-state index >= 15 is 0 Å². The number of nitrogens with zero attached hydrogens (tertiary/aromatic N) is 3. The minimum Gasteiger partial charge on any atom is -0.390 e. The van der Waals surface area contributed by atoms with Gasteiger partial charge in [-0.15, -0.1) is 0 Å². The Hall–Kier alpha value is -0.720.